The van der Waals surface area contributed by atoms with E-state index in [1.54, 1.807) is 23.5 Å². The topological polar surface area (TPSA) is 52.1 Å². The van der Waals surface area contributed by atoms with Crippen LogP contribution in [0.1, 0.15) is 184 Å². The molecule has 4 heteroatoms. The van der Waals surface area contributed by atoms with E-state index >= 15 is 0 Å². The summed E-state index contributed by atoms with van der Waals surface area (Å²) in [5, 5.41) is 7.65. The Hall–Kier alpha value is -3.66. The van der Waals surface area contributed by atoms with Crippen molar-refractivity contribution in [3.05, 3.63) is 105 Å². The molecule has 4 nitrogen and oxygen atoms in total. The van der Waals surface area contributed by atoms with Crippen molar-refractivity contribution in [3.63, 3.8) is 0 Å². The van der Waals surface area contributed by atoms with E-state index in [0.717, 1.165) is 30.8 Å². The third-order valence-electron chi connectivity index (χ3n) is 12.0. The first-order chi connectivity index (χ1) is 24.0. The fraction of sp³-hybridized carbons (Fsp3) is 0.532. The molecule has 0 amide bonds. The number of rotatable bonds is 9. The van der Waals surface area contributed by atoms with E-state index < -0.39 is 0 Å². The molecule has 0 saturated heterocycles. The average Bonchev–Trinajstić information content (AvgIpc) is 3.79. The second-order valence-corrected chi connectivity index (χ2v) is 18.0. The van der Waals surface area contributed by atoms with E-state index in [2.05, 4.69) is 130 Å². The second kappa shape index (κ2) is 15.1. The van der Waals surface area contributed by atoms with Crippen LogP contribution in [0.2, 0.25) is 0 Å². The van der Waals surface area contributed by atoms with Crippen LogP contribution in [0.25, 0.3) is 23.3 Å². The number of nitrogens with zero attached hydrogens (tertiary/aromatic N) is 2. The molecule has 2 aromatic heterocycles. The van der Waals surface area contributed by atoms with Crippen molar-refractivity contribution in [2.75, 3.05) is 0 Å². The maximum absolute atomic E-state index is 5.31. The molecule has 2 aliphatic rings. The van der Waals surface area contributed by atoms with Crippen molar-refractivity contribution >= 4 is 23.3 Å². The van der Waals surface area contributed by atoms with Gasteiger partial charge in [-0.05, 0) is 148 Å². The van der Waals surface area contributed by atoms with Gasteiger partial charge in [-0.3, -0.25) is 0 Å². The highest BCUT2D eigenvalue weighted by molar-refractivity contribution is 5.82. The number of fused-ring (bicyclic) bond motifs is 2. The number of allylic oxidation sites excluding steroid dienone is 2. The Morgan fingerprint density at radius 3 is 1.27 bits per heavy atom. The summed E-state index contributed by atoms with van der Waals surface area (Å²) in [6.45, 7) is 28.1. The number of hydrogen-bond acceptors (Lipinski definition) is 4. The fourth-order valence-corrected chi connectivity index (χ4v) is 8.28. The fourth-order valence-electron chi connectivity index (χ4n) is 8.28. The minimum absolute atomic E-state index is 0.232. The van der Waals surface area contributed by atoms with Gasteiger partial charge in [-0.25, -0.2) is 0 Å². The third-order valence-corrected chi connectivity index (χ3v) is 12.0. The Morgan fingerprint density at radius 2 is 0.941 bits per heavy atom. The van der Waals surface area contributed by atoms with Crippen LogP contribution in [-0.4, -0.2) is 10.3 Å². The van der Waals surface area contributed by atoms with Gasteiger partial charge in [0.2, 0.25) is 0 Å². The van der Waals surface area contributed by atoms with Crippen molar-refractivity contribution in [2.45, 2.75) is 163 Å². The minimum Gasteiger partial charge on any atom is -0.357 e. The van der Waals surface area contributed by atoms with Gasteiger partial charge in [-0.2, -0.15) is 0 Å². The Labute approximate surface area is 309 Å². The third kappa shape index (κ3) is 8.53. The smallest absolute Gasteiger partial charge is 0.159 e. The molecule has 0 spiro atoms. The lowest BCUT2D eigenvalue weighted by Gasteiger charge is -2.42. The quantitative estimate of drug-likeness (QED) is 0.176. The molecule has 0 radical (unpaired) electrons. The lowest BCUT2D eigenvalue weighted by atomic mass is 9.62. The van der Waals surface area contributed by atoms with E-state index in [-0.39, 0.29) is 21.7 Å². The van der Waals surface area contributed by atoms with Gasteiger partial charge < -0.3 is 9.05 Å². The summed E-state index contributed by atoms with van der Waals surface area (Å²) < 4.78 is 10.6. The SMILES string of the molecule is CCCCc1cc2c(cc1/C(C)=C/c1ccno1)C(C)(C)CCC2(C)C.CCCc1cc2c(cc1/C(C)=C/c1ccno1)C(C)(C)CCC2(C)C. The highest BCUT2D eigenvalue weighted by atomic mass is 16.5. The van der Waals surface area contributed by atoms with E-state index in [1.165, 1.54) is 83.1 Å². The molecule has 274 valence electrons. The number of aryl methyl sites for hydroxylation is 2. The van der Waals surface area contributed by atoms with Crippen LogP contribution in [0.15, 0.2) is 57.8 Å². The van der Waals surface area contributed by atoms with Crippen LogP contribution in [0.3, 0.4) is 0 Å². The minimum atomic E-state index is 0.232. The summed E-state index contributed by atoms with van der Waals surface area (Å²) in [5.74, 6) is 1.64. The van der Waals surface area contributed by atoms with Gasteiger partial charge in [0.1, 0.15) is 0 Å². The van der Waals surface area contributed by atoms with Crippen molar-refractivity contribution in [1.29, 1.82) is 0 Å². The van der Waals surface area contributed by atoms with Crippen LogP contribution in [0.5, 0.6) is 0 Å². The number of unbranched alkanes of at least 4 members (excludes halogenated alkanes) is 1. The van der Waals surface area contributed by atoms with Crippen molar-refractivity contribution in [2.24, 2.45) is 0 Å². The first-order valence-electron chi connectivity index (χ1n) is 19.5. The molecular formula is C47H64N2O2. The zero-order valence-corrected chi connectivity index (χ0v) is 33.8. The molecule has 0 N–H and O–H groups in total. The Balaban J connectivity index is 0.000000198. The lowest BCUT2D eigenvalue weighted by Crippen LogP contribution is -2.34. The molecule has 2 heterocycles. The van der Waals surface area contributed by atoms with Crippen LogP contribution in [-0.2, 0) is 34.5 Å². The second-order valence-electron chi connectivity index (χ2n) is 18.0. The van der Waals surface area contributed by atoms with Gasteiger partial charge in [0, 0.05) is 12.1 Å². The lowest BCUT2D eigenvalue weighted by molar-refractivity contribution is 0.331. The summed E-state index contributed by atoms with van der Waals surface area (Å²) in [7, 11) is 0. The first kappa shape index (κ1) is 38.6. The van der Waals surface area contributed by atoms with E-state index in [0.29, 0.717) is 0 Å². The molecule has 4 aromatic rings. The summed E-state index contributed by atoms with van der Waals surface area (Å²) in [5.41, 5.74) is 15.3. The Kier molecular flexibility index (Phi) is 11.4. The average molecular weight is 689 g/mol. The van der Waals surface area contributed by atoms with Crippen LogP contribution >= 0.6 is 0 Å². The van der Waals surface area contributed by atoms with Crippen molar-refractivity contribution in [1.82, 2.24) is 10.3 Å². The predicted octanol–water partition coefficient (Wildman–Crippen LogP) is 13.5. The summed E-state index contributed by atoms with van der Waals surface area (Å²) >= 11 is 0. The molecule has 51 heavy (non-hydrogen) atoms. The summed E-state index contributed by atoms with van der Waals surface area (Å²) in [6.07, 6.45) is 18.5. The number of hydrogen-bond donors (Lipinski definition) is 0. The normalized spacial score (nSPS) is 18.7. The van der Waals surface area contributed by atoms with Crippen LogP contribution in [0.4, 0.5) is 0 Å². The monoisotopic (exact) mass is 688 g/mol. The maximum atomic E-state index is 5.31. The molecule has 0 unspecified atom stereocenters. The Bertz CT molecular complexity index is 1850. The highest BCUT2D eigenvalue weighted by Crippen LogP contribution is 2.49. The predicted molar refractivity (Wildman–Crippen MR) is 216 cm³/mol. The molecule has 0 fully saturated rings. The van der Waals surface area contributed by atoms with E-state index in [4.69, 9.17) is 9.05 Å². The molecule has 6 rings (SSSR count). The van der Waals surface area contributed by atoms with E-state index in [1.807, 2.05) is 12.1 Å². The van der Waals surface area contributed by atoms with Crippen LogP contribution in [0, 0.1) is 0 Å². The highest BCUT2D eigenvalue weighted by Gasteiger charge is 2.39. The maximum Gasteiger partial charge on any atom is 0.159 e. The zero-order valence-electron chi connectivity index (χ0n) is 33.8. The number of aromatic nitrogens is 2. The summed E-state index contributed by atoms with van der Waals surface area (Å²) in [6, 6.07) is 13.8. The molecule has 2 aromatic carbocycles. The molecular weight excluding hydrogens is 625 g/mol. The van der Waals surface area contributed by atoms with Gasteiger partial charge in [0.05, 0.1) is 12.4 Å². The molecule has 0 bridgehead atoms. The van der Waals surface area contributed by atoms with Gasteiger partial charge in [-0.1, -0.05) is 117 Å². The zero-order chi connectivity index (χ0) is 37.2. The molecule has 0 atom stereocenters. The Morgan fingerprint density at radius 1 is 0.569 bits per heavy atom. The first-order valence-corrected chi connectivity index (χ1v) is 19.5. The van der Waals surface area contributed by atoms with Crippen molar-refractivity contribution < 1.29 is 9.05 Å². The summed E-state index contributed by atoms with van der Waals surface area (Å²) in [4.78, 5) is 0. The van der Waals surface area contributed by atoms with Gasteiger partial charge in [0.25, 0.3) is 0 Å². The molecule has 2 aliphatic carbocycles. The van der Waals surface area contributed by atoms with Gasteiger partial charge >= 0.3 is 0 Å². The van der Waals surface area contributed by atoms with Crippen LogP contribution < -0.4 is 0 Å². The van der Waals surface area contributed by atoms with Gasteiger partial charge in [-0.15, -0.1) is 0 Å². The van der Waals surface area contributed by atoms with E-state index in [9.17, 15) is 0 Å². The molecule has 0 aliphatic heterocycles. The number of benzene rings is 2. The van der Waals surface area contributed by atoms with Crippen molar-refractivity contribution in [3.8, 4) is 0 Å². The standard InChI is InChI=1S/C24H33NO.C23H31NO/c1-7-8-9-18-15-21-22(24(5,6)12-11-23(21,3)4)16-20(18)17(2)14-19-10-13-25-26-19;1-7-8-17-14-20-21(23(5,6)11-10-22(20,3)4)15-19(17)16(2)13-18-9-12-24-25-18/h10,13-16H,7-9,11-12H2,1-6H3;9,12-15H,7-8,10-11H2,1-6H3/b17-14+;16-13+. The molecule has 0 saturated carbocycles. The van der Waals surface area contributed by atoms with Gasteiger partial charge in [0.15, 0.2) is 11.5 Å². The largest absolute Gasteiger partial charge is 0.357 e.